The Kier molecular flexibility index (Phi) is 4.47. The van der Waals surface area contributed by atoms with E-state index in [1.54, 1.807) is 42.6 Å². The topological polar surface area (TPSA) is 49.0 Å². The minimum absolute atomic E-state index is 0.0242. The molecule has 0 spiro atoms. The number of hydrogen-bond acceptors (Lipinski definition) is 2. The second-order valence-electron chi connectivity index (χ2n) is 6.37. The smallest absolute Gasteiger partial charge is 0.254 e. The Labute approximate surface area is 155 Å². The number of rotatable bonds is 3. The Morgan fingerprint density at radius 3 is 2.62 bits per heavy atom. The fraction of sp³-hybridized carbons (Fsp3) is 0.200. The van der Waals surface area contributed by atoms with Gasteiger partial charge in [0.15, 0.2) is 0 Å². The van der Waals surface area contributed by atoms with E-state index < -0.39 is 0 Å². The molecule has 1 fully saturated rings. The summed E-state index contributed by atoms with van der Waals surface area (Å²) in [5, 5.41) is 7.82. The molecule has 1 amide bonds. The van der Waals surface area contributed by atoms with Gasteiger partial charge in [0.2, 0.25) is 0 Å². The predicted octanol–water partition coefficient (Wildman–Crippen LogP) is 4.85. The zero-order valence-corrected chi connectivity index (χ0v) is 14.7. The molecule has 2 heterocycles. The van der Waals surface area contributed by atoms with Crippen LogP contribution >= 0.6 is 11.6 Å². The molecule has 4 rings (SSSR count). The van der Waals surface area contributed by atoms with Gasteiger partial charge in [-0.3, -0.25) is 9.89 Å². The summed E-state index contributed by atoms with van der Waals surface area (Å²) in [6.45, 7) is 0.688. The maximum Gasteiger partial charge on any atom is 0.254 e. The second-order valence-corrected chi connectivity index (χ2v) is 6.80. The summed E-state index contributed by atoms with van der Waals surface area (Å²) in [6.07, 6.45) is 3.51. The Morgan fingerprint density at radius 2 is 1.88 bits per heavy atom. The van der Waals surface area contributed by atoms with Gasteiger partial charge in [0, 0.05) is 22.7 Å². The summed E-state index contributed by atoms with van der Waals surface area (Å²) >= 11 is 5.92. The Bertz CT molecular complexity index is 921. The summed E-state index contributed by atoms with van der Waals surface area (Å²) in [5.74, 6) is -0.303. The zero-order valence-electron chi connectivity index (χ0n) is 14.0. The van der Waals surface area contributed by atoms with E-state index in [4.69, 9.17) is 11.6 Å². The van der Waals surface area contributed by atoms with Crippen LogP contribution in [-0.4, -0.2) is 27.5 Å². The van der Waals surface area contributed by atoms with Gasteiger partial charge in [-0.05, 0) is 54.8 Å². The van der Waals surface area contributed by atoms with Crippen molar-refractivity contribution in [1.82, 2.24) is 15.1 Å². The minimum Gasteiger partial charge on any atom is -0.330 e. The average molecular weight is 370 g/mol. The van der Waals surface area contributed by atoms with Crippen molar-refractivity contribution in [2.75, 3.05) is 6.54 Å². The van der Waals surface area contributed by atoms with Crippen LogP contribution in [0, 0.1) is 5.82 Å². The van der Waals surface area contributed by atoms with Crippen LogP contribution in [0.15, 0.2) is 54.7 Å². The van der Waals surface area contributed by atoms with E-state index in [0.29, 0.717) is 17.1 Å². The fourth-order valence-electron chi connectivity index (χ4n) is 3.48. The highest BCUT2D eigenvalue weighted by Crippen LogP contribution is 2.37. The molecule has 0 bridgehead atoms. The molecule has 0 unspecified atom stereocenters. The molecule has 4 nitrogen and oxygen atoms in total. The van der Waals surface area contributed by atoms with Gasteiger partial charge < -0.3 is 4.90 Å². The summed E-state index contributed by atoms with van der Waals surface area (Å²) in [5.41, 5.74) is 3.27. The summed E-state index contributed by atoms with van der Waals surface area (Å²) in [4.78, 5) is 14.8. The minimum atomic E-state index is -0.279. The molecule has 3 aromatic rings. The van der Waals surface area contributed by atoms with E-state index in [2.05, 4.69) is 10.2 Å². The maximum absolute atomic E-state index is 13.2. The van der Waals surface area contributed by atoms with Crippen LogP contribution in [0.2, 0.25) is 5.02 Å². The third-order valence-corrected chi connectivity index (χ3v) is 5.01. The molecule has 26 heavy (non-hydrogen) atoms. The first-order valence-electron chi connectivity index (χ1n) is 8.49. The molecular formula is C20H17ClFN3O. The van der Waals surface area contributed by atoms with Crippen LogP contribution in [0.5, 0.6) is 0 Å². The molecule has 1 saturated heterocycles. The quantitative estimate of drug-likeness (QED) is 0.717. The van der Waals surface area contributed by atoms with Crippen LogP contribution in [0.4, 0.5) is 4.39 Å². The van der Waals surface area contributed by atoms with Crippen LogP contribution in [-0.2, 0) is 0 Å². The van der Waals surface area contributed by atoms with Crippen molar-refractivity contribution < 1.29 is 9.18 Å². The van der Waals surface area contributed by atoms with Gasteiger partial charge in [-0.25, -0.2) is 4.39 Å². The van der Waals surface area contributed by atoms with Crippen molar-refractivity contribution in [1.29, 1.82) is 0 Å². The van der Waals surface area contributed by atoms with Crippen molar-refractivity contribution in [3.05, 3.63) is 76.8 Å². The SMILES string of the molecule is O=C(c1ccc(Cl)cc1)N1CCC[C@@H]1c1[nH]ncc1-c1ccc(F)cc1. The first-order valence-corrected chi connectivity index (χ1v) is 8.87. The number of amides is 1. The van der Waals surface area contributed by atoms with Crippen LogP contribution in [0.3, 0.4) is 0 Å². The van der Waals surface area contributed by atoms with E-state index in [0.717, 1.165) is 29.7 Å². The number of benzene rings is 2. The van der Waals surface area contributed by atoms with Gasteiger partial charge in [-0.2, -0.15) is 5.10 Å². The first kappa shape index (κ1) is 16.8. The number of aromatic amines is 1. The van der Waals surface area contributed by atoms with Crippen LogP contribution in [0.25, 0.3) is 11.1 Å². The monoisotopic (exact) mass is 369 g/mol. The largest absolute Gasteiger partial charge is 0.330 e. The molecule has 1 atom stereocenters. The molecule has 2 aromatic carbocycles. The van der Waals surface area contributed by atoms with Crippen molar-refractivity contribution in [3.63, 3.8) is 0 Å². The van der Waals surface area contributed by atoms with Gasteiger partial charge in [-0.1, -0.05) is 23.7 Å². The highest BCUT2D eigenvalue weighted by molar-refractivity contribution is 6.30. The van der Waals surface area contributed by atoms with Gasteiger partial charge in [0.25, 0.3) is 5.91 Å². The number of carbonyl (C=O) groups is 1. The maximum atomic E-state index is 13.2. The Morgan fingerprint density at radius 1 is 1.15 bits per heavy atom. The lowest BCUT2D eigenvalue weighted by Crippen LogP contribution is -2.31. The number of halogens is 2. The Hall–Kier alpha value is -2.66. The molecule has 1 aliphatic rings. The normalized spacial score (nSPS) is 16.8. The van der Waals surface area contributed by atoms with E-state index >= 15 is 0 Å². The summed E-state index contributed by atoms with van der Waals surface area (Å²) in [6, 6.07) is 13.2. The average Bonchev–Trinajstić information content (AvgIpc) is 3.31. The van der Waals surface area contributed by atoms with Crippen molar-refractivity contribution in [2.45, 2.75) is 18.9 Å². The molecule has 6 heteroatoms. The number of likely N-dealkylation sites (tertiary alicyclic amines) is 1. The molecule has 1 aliphatic heterocycles. The number of aromatic nitrogens is 2. The zero-order chi connectivity index (χ0) is 18.1. The van der Waals surface area contributed by atoms with E-state index in [1.807, 2.05) is 4.90 Å². The molecule has 0 radical (unpaired) electrons. The fourth-order valence-corrected chi connectivity index (χ4v) is 3.60. The first-order chi connectivity index (χ1) is 12.6. The van der Waals surface area contributed by atoms with Gasteiger partial charge in [-0.15, -0.1) is 0 Å². The Balaban J connectivity index is 1.65. The molecule has 0 saturated carbocycles. The van der Waals surface area contributed by atoms with Gasteiger partial charge >= 0.3 is 0 Å². The molecule has 1 aromatic heterocycles. The summed E-state index contributed by atoms with van der Waals surface area (Å²) < 4.78 is 13.2. The van der Waals surface area contributed by atoms with Crippen LogP contribution < -0.4 is 0 Å². The molecule has 1 N–H and O–H groups in total. The van der Waals surface area contributed by atoms with Crippen LogP contribution in [0.1, 0.15) is 34.9 Å². The third kappa shape index (κ3) is 3.10. The number of H-pyrrole nitrogens is 1. The number of nitrogens with zero attached hydrogens (tertiary/aromatic N) is 2. The third-order valence-electron chi connectivity index (χ3n) is 4.76. The highest BCUT2D eigenvalue weighted by Gasteiger charge is 2.33. The lowest BCUT2D eigenvalue weighted by atomic mass is 10.0. The molecule has 0 aliphatic carbocycles. The predicted molar refractivity (Wildman–Crippen MR) is 98.4 cm³/mol. The number of hydrogen-bond donors (Lipinski definition) is 1. The number of nitrogens with one attached hydrogen (secondary N) is 1. The lowest BCUT2D eigenvalue weighted by molar-refractivity contribution is 0.0733. The van der Waals surface area contributed by atoms with E-state index in [1.165, 1.54) is 12.1 Å². The summed E-state index contributed by atoms with van der Waals surface area (Å²) in [7, 11) is 0. The second kappa shape index (κ2) is 6.92. The van der Waals surface area contributed by atoms with Crippen molar-refractivity contribution in [2.24, 2.45) is 0 Å². The molecule has 132 valence electrons. The van der Waals surface area contributed by atoms with Gasteiger partial charge in [0.05, 0.1) is 17.9 Å². The van der Waals surface area contributed by atoms with Gasteiger partial charge in [0.1, 0.15) is 5.82 Å². The van der Waals surface area contributed by atoms with E-state index in [9.17, 15) is 9.18 Å². The lowest BCUT2D eigenvalue weighted by Gasteiger charge is -2.25. The number of carbonyl (C=O) groups excluding carboxylic acids is 1. The van der Waals surface area contributed by atoms with Crippen molar-refractivity contribution in [3.8, 4) is 11.1 Å². The van der Waals surface area contributed by atoms with E-state index in [-0.39, 0.29) is 17.8 Å². The van der Waals surface area contributed by atoms with Crippen molar-refractivity contribution >= 4 is 17.5 Å². The highest BCUT2D eigenvalue weighted by atomic mass is 35.5. The molecular weight excluding hydrogens is 353 g/mol. The standard InChI is InChI=1S/C20H17ClFN3O/c21-15-7-3-14(4-8-15)20(26)25-11-1-2-18(25)19-17(12-23-24-19)13-5-9-16(22)10-6-13/h3-10,12,18H,1-2,11H2,(H,23,24)/t18-/m1/s1.